The molecule has 0 saturated carbocycles. The van der Waals surface area contributed by atoms with Gasteiger partial charge in [-0.15, -0.1) is 0 Å². The maximum absolute atomic E-state index is 8.89. The van der Waals surface area contributed by atoms with Gasteiger partial charge in [-0.2, -0.15) is 0 Å². The summed E-state index contributed by atoms with van der Waals surface area (Å²) in [5, 5.41) is 12.2. The highest BCUT2D eigenvalue weighted by Crippen LogP contribution is 2.26. The van der Waals surface area contributed by atoms with Gasteiger partial charge in [0.15, 0.2) is 0 Å². The Labute approximate surface area is 88.9 Å². The third kappa shape index (κ3) is 3.50. The Morgan fingerprint density at radius 2 is 2.20 bits per heavy atom. The molecule has 0 saturated heterocycles. The van der Waals surface area contributed by atoms with E-state index >= 15 is 0 Å². The zero-order valence-corrected chi connectivity index (χ0v) is 8.87. The van der Waals surface area contributed by atoms with Gasteiger partial charge in [-0.05, 0) is 25.0 Å². The highest BCUT2D eigenvalue weighted by Gasteiger charge is 2.09. The first-order valence-corrected chi connectivity index (χ1v) is 4.72. The molecule has 0 aliphatic carbocycles. The van der Waals surface area contributed by atoms with E-state index in [-0.39, 0.29) is 0 Å². The van der Waals surface area contributed by atoms with Crippen LogP contribution in [-0.4, -0.2) is 19.6 Å². The Kier molecular flexibility index (Phi) is 3.97. The van der Waals surface area contributed by atoms with E-state index in [0.717, 1.165) is 25.6 Å². The minimum atomic E-state index is -1.08. The number of hydrogen-bond acceptors (Lipinski definition) is 4. The Morgan fingerprint density at radius 3 is 2.80 bits per heavy atom. The van der Waals surface area contributed by atoms with E-state index in [1.807, 2.05) is 12.1 Å². The van der Waals surface area contributed by atoms with Crippen molar-refractivity contribution in [2.45, 2.75) is 13.3 Å². The standard InChI is InChI=1S/C9H11NO.C2H4O2/c1-11-8-3-2-7-4-5-10-9(7)6-8;1-2(3)4/h2-3,6,10H,4-5H2,1H3;1H3,(H,3,4)/p-1. The Hall–Kier alpha value is -1.71. The van der Waals surface area contributed by atoms with Crippen LogP contribution in [-0.2, 0) is 11.2 Å². The molecule has 1 aliphatic rings. The van der Waals surface area contributed by atoms with Gasteiger partial charge in [-0.1, -0.05) is 6.07 Å². The number of anilines is 1. The van der Waals surface area contributed by atoms with E-state index in [4.69, 9.17) is 14.6 Å². The zero-order chi connectivity index (χ0) is 11.3. The molecule has 0 aromatic heterocycles. The van der Waals surface area contributed by atoms with Gasteiger partial charge in [0.05, 0.1) is 7.11 Å². The highest BCUT2D eigenvalue weighted by atomic mass is 16.5. The van der Waals surface area contributed by atoms with Crippen LogP contribution in [0.2, 0.25) is 0 Å². The first kappa shape index (κ1) is 11.4. The topological polar surface area (TPSA) is 61.4 Å². The van der Waals surface area contributed by atoms with Crippen molar-refractivity contribution in [1.82, 2.24) is 0 Å². The van der Waals surface area contributed by atoms with E-state index in [2.05, 4.69) is 11.4 Å². The maximum atomic E-state index is 8.89. The summed E-state index contributed by atoms with van der Waals surface area (Å²) in [5.41, 5.74) is 2.62. The molecule has 0 fully saturated rings. The summed E-state index contributed by atoms with van der Waals surface area (Å²) in [7, 11) is 1.69. The molecule has 4 nitrogen and oxygen atoms in total. The van der Waals surface area contributed by atoms with Gasteiger partial charge < -0.3 is 20.0 Å². The number of rotatable bonds is 1. The van der Waals surface area contributed by atoms with Crippen LogP contribution in [0, 0.1) is 0 Å². The number of carboxylic acids is 1. The summed E-state index contributed by atoms with van der Waals surface area (Å²) in [6.07, 6.45) is 1.14. The van der Waals surface area contributed by atoms with Crippen molar-refractivity contribution in [1.29, 1.82) is 0 Å². The Balaban J connectivity index is 0.000000245. The summed E-state index contributed by atoms with van der Waals surface area (Å²) < 4.78 is 5.10. The van der Waals surface area contributed by atoms with Gasteiger partial charge in [0.25, 0.3) is 0 Å². The first-order chi connectivity index (χ1) is 7.13. The van der Waals surface area contributed by atoms with Gasteiger partial charge in [-0.25, -0.2) is 0 Å². The average Bonchev–Trinajstić information content (AvgIpc) is 2.63. The van der Waals surface area contributed by atoms with Crippen molar-refractivity contribution in [3.8, 4) is 5.75 Å². The number of methoxy groups -OCH3 is 1. The Morgan fingerprint density at radius 1 is 1.53 bits per heavy atom. The minimum Gasteiger partial charge on any atom is -0.550 e. The van der Waals surface area contributed by atoms with Gasteiger partial charge in [0.2, 0.25) is 0 Å². The van der Waals surface area contributed by atoms with Crippen molar-refractivity contribution < 1.29 is 14.6 Å². The Bertz CT molecular complexity index is 346. The molecule has 1 aromatic carbocycles. The fourth-order valence-corrected chi connectivity index (χ4v) is 1.40. The molecule has 1 aliphatic heterocycles. The van der Waals surface area contributed by atoms with Crippen LogP contribution >= 0.6 is 0 Å². The molecule has 4 heteroatoms. The highest BCUT2D eigenvalue weighted by molar-refractivity contribution is 5.60. The largest absolute Gasteiger partial charge is 0.550 e. The summed E-state index contributed by atoms with van der Waals surface area (Å²) in [4.78, 5) is 8.89. The molecule has 2 rings (SSSR count). The van der Waals surface area contributed by atoms with Crippen LogP contribution in [0.15, 0.2) is 18.2 Å². The van der Waals surface area contributed by atoms with Gasteiger partial charge in [0, 0.05) is 24.3 Å². The SMILES string of the molecule is CC(=O)[O-].COc1ccc2c(c1)NCC2. The van der Waals surface area contributed by atoms with Crippen molar-refractivity contribution in [3.63, 3.8) is 0 Å². The zero-order valence-electron chi connectivity index (χ0n) is 8.87. The number of benzene rings is 1. The van der Waals surface area contributed by atoms with Crippen molar-refractivity contribution in [2.75, 3.05) is 19.0 Å². The average molecular weight is 208 g/mol. The molecule has 1 aromatic rings. The lowest BCUT2D eigenvalue weighted by molar-refractivity contribution is -0.302. The number of hydrogen-bond donors (Lipinski definition) is 1. The second-order valence-electron chi connectivity index (χ2n) is 3.19. The number of aliphatic carboxylic acids is 1. The number of carboxylic acid groups (broad SMARTS) is 1. The molecular weight excluding hydrogens is 194 g/mol. The van der Waals surface area contributed by atoms with Gasteiger partial charge in [0.1, 0.15) is 5.75 Å². The van der Waals surface area contributed by atoms with E-state index < -0.39 is 5.97 Å². The lowest BCUT2D eigenvalue weighted by Gasteiger charge is -2.02. The van der Waals surface area contributed by atoms with Crippen LogP contribution in [0.1, 0.15) is 12.5 Å². The van der Waals surface area contributed by atoms with Gasteiger partial charge >= 0.3 is 0 Å². The monoisotopic (exact) mass is 208 g/mol. The van der Waals surface area contributed by atoms with Crippen LogP contribution in [0.5, 0.6) is 5.75 Å². The fraction of sp³-hybridized carbons (Fsp3) is 0.364. The summed E-state index contributed by atoms with van der Waals surface area (Å²) in [6.45, 7) is 2.03. The summed E-state index contributed by atoms with van der Waals surface area (Å²) in [5.74, 6) is -0.154. The third-order valence-electron chi connectivity index (χ3n) is 2.03. The van der Waals surface area contributed by atoms with Crippen LogP contribution in [0.3, 0.4) is 0 Å². The number of ether oxygens (including phenoxy) is 1. The van der Waals surface area contributed by atoms with E-state index in [0.29, 0.717) is 0 Å². The lowest BCUT2D eigenvalue weighted by Crippen LogP contribution is -2.16. The molecule has 0 spiro atoms. The van der Waals surface area contributed by atoms with Crippen LogP contribution in [0.4, 0.5) is 5.69 Å². The minimum absolute atomic E-state index is 0.929. The van der Waals surface area contributed by atoms with Crippen molar-refractivity contribution in [3.05, 3.63) is 23.8 Å². The second-order valence-corrected chi connectivity index (χ2v) is 3.19. The van der Waals surface area contributed by atoms with Gasteiger partial charge in [-0.3, -0.25) is 0 Å². The van der Waals surface area contributed by atoms with Crippen LogP contribution in [0.25, 0.3) is 0 Å². The van der Waals surface area contributed by atoms with Crippen molar-refractivity contribution >= 4 is 11.7 Å². The third-order valence-corrected chi connectivity index (χ3v) is 2.03. The predicted molar refractivity (Wildman–Crippen MR) is 55.9 cm³/mol. The van der Waals surface area contributed by atoms with Crippen LogP contribution < -0.4 is 15.2 Å². The second kappa shape index (κ2) is 5.24. The number of fused-ring (bicyclic) bond motifs is 1. The number of carbonyl (C=O) groups is 1. The van der Waals surface area contributed by atoms with E-state index in [9.17, 15) is 0 Å². The predicted octanol–water partition coefficient (Wildman–Crippen LogP) is 0.419. The number of carbonyl (C=O) groups excluding carboxylic acids is 1. The number of nitrogens with one attached hydrogen (secondary N) is 1. The molecule has 0 amide bonds. The molecule has 0 bridgehead atoms. The van der Waals surface area contributed by atoms with E-state index in [1.54, 1.807) is 7.11 Å². The maximum Gasteiger partial charge on any atom is 0.120 e. The molecule has 1 N–H and O–H groups in total. The lowest BCUT2D eigenvalue weighted by atomic mass is 10.2. The molecule has 0 unspecified atom stereocenters. The smallest absolute Gasteiger partial charge is 0.120 e. The quantitative estimate of drug-likeness (QED) is 0.726. The van der Waals surface area contributed by atoms with E-state index in [1.165, 1.54) is 11.3 Å². The molecule has 0 radical (unpaired) electrons. The normalized spacial score (nSPS) is 11.9. The fourth-order valence-electron chi connectivity index (χ4n) is 1.40. The summed E-state index contributed by atoms with van der Waals surface area (Å²) >= 11 is 0. The molecule has 82 valence electrons. The molecular formula is C11H14NO3-. The van der Waals surface area contributed by atoms with Crippen molar-refractivity contribution in [2.24, 2.45) is 0 Å². The molecule has 1 heterocycles. The first-order valence-electron chi connectivity index (χ1n) is 4.72. The summed E-state index contributed by atoms with van der Waals surface area (Å²) in [6, 6.07) is 6.17. The molecule has 0 atom stereocenters. The molecule has 15 heavy (non-hydrogen) atoms.